The average molecular weight is 457 g/mol. The van der Waals surface area contributed by atoms with Gasteiger partial charge >= 0.3 is 0 Å². The maximum atomic E-state index is 13.4. The molecule has 0 radical (unpaired) electrons. The number of aryl methyl sites for hydroxylation is 1. The minimum Gasteiger partial charge on any atom is -0.507 e. The van der Waals surface area contributed by atoms with E-state index in [2.05, 4.69) is 15.6 Å². The molecule has 0 spiro atoms. The lowest BCUT2D eigenvalue weighted by molar-refractivity contribution is -0.384. The van der Waals surface area contributed by atoms with Crippen LogP contribution in [0.2, 0.25) is 0 Å². The Morgan fingerprint density at radius 3 is 2.32 bits per heavy atom. The number of nitrogens with one attached hydrogen (secondary N) is 2. The summed E-state index contributed by atoms with van der Waals surface area (Å²) in [5.41, 5.74) is 3.77. The summed E-state index contributed by atoms with van der Waals surface area (Å²) in [7, 11) is 0. The van der Waals surface area contributed by atoms with Gasteiger partial charge in [-0.25, -0.2) is 10.1 Å². The number of rotatable bonds is 6. The van der Waals surface area contributed by atoms with Gasteiger partial charge in [-0.15, -0.1) is 0 Å². The van der Waals surface area contributed by atoms with Crippen molar-refractivity contribution in [2.45, 2.75) is 6.92 Å². The van der Waals surface area contributed by atoms with E-state index < -0.39 is 16.4 Å². The van der Waals surface area contributed by atoms with Crippen LogP contribution in [0.1, 0.15) is 27.2 Å². The van der Waals surface area contributed by atoms with Crippen LogP contribution in [0, 0.1) is 17.0 Å². The number of aromatic amines is 1. The Morgan fingerprint density at radius 2 is 1.68 bits per heavy atom. The monoisotopic (exact) mass is 457 g/mol. The fraction of sp³-hybridized carbons (Fsp3) is 0.0417. The zero-order valence-electron chi connectivity index (χ0n) is 17.9. The van der Waals surface area contributed by atoms with Crippen molar-refractivity contribution in [1.29, 1.82) is 0 Å². The first-order valence-corrected chi connectivity index (χ1v) is 10.1. The second-order valence-corrected chi connectivity index (χ2v) is 7.31. The van der Waals surface area contributed by atoms with Gasteiger partial charge in [0.2, 0.25) is 0 Å². The summed E-state index contributed by atoms with van der Waals surface area (Å²) < 4.78 is 1.25. The van der Waals surface area contributed by atoms with Gasteiger partial charge in [0.25, 0.3) is 17.2 Å². The van der Waals surface area contributed by atoms with Crippen LogP contribution >= 0.6 is 0 Å². The lowest BCUT2D eigenvalue weighted by atomic mass is 10.0. The third-order valence-electron chi connectivity index (χ3n) is 5.09. The van der Waals surface area contributed by atoms with Crippen LogP contribution in [0.3, 0.4) is 0 Å². The van der Waals surface area contributed by atoms with Gasteiger partial charge in [-0.05, 0) is 31.2 Å². The molecule has 170 valence electrons. The number of aromatic hydroxyl groups is 1. The quantitative estimate of drug-likeness (QED) is 0.231. The number of non-ortho nitro benzene ring substituents is 1. The molecule has 3 N–H and O–H groups in total. The van der Waals surface area contributed by atoms with E-state index in [1.807, 2.05) is 0 Å². The SMILES string of the molecule is Cc1[nH]n(-c2ccc([N+](=O)[O-])cc2)c(=O)c1/C(=N/NC(=O)c1ccccc1O)c1ccccc1. The number of phenols is 1. The van der Waals surface area contributed by atoms with E-state index in [-0.39, 0.29) is 28.3 Å². The van der Waals surface area contributed by atoms with Gasteiger partial charge in [0, 0.05) is 23.4 Å². The number of carbonyl (C=O) groups is 1. The first kappa shape index (κ1) is 22.2. The zero-order chi connectivity index (χ0) is 24.2. The van der Waals surface area contributed by atoms with Crippen molar-refractivity contribution in [3.63, 3.8) is 0 Å². The summed E-state index contributed by atoms with van der Waals surface area (Å²) in [6.07, 6.45) is 0. The molecule has 1 amide bonds. The normalized spacial score (nSPS) is 11.3. The molecular formula is C24H19N5O5. The first-order valence-electron chi connectivity index (χ1n) is 10.1. The lowest BCUT2D eigenvalue weighted by Crippen LogP contribution is -2.25. The van der Waals surface area contributed by atoms with E-state index in [0.717, 1.165) is 0 Å². The van der Waals surface area contributed by atoms with Crippen LogP contribution in [0.25, 0.3) is 5.69 Å². The highest BCUT2D eigenvalue weighted by molar-refractivity contribution is 6.14. The number of nitro groups is 1. The van der Waals surface area contributed by atoms with Gasteiger partial charge in [0.05, 0.1) is 21.7 Å². The van der Waals surface area contributed by atoms with Crippen molar-refractivity contribution < 1.29 is 14.8 Å². The van der Waals surface area contributed by atoms with Crippen LogP contribution in [0.5, 0.6) is 5.75 Å². The molecule has 0 atom stereocenters. The number of aromatic nitrogens is 2. The summed E-state index contributed by atoms with van der Waals surface area (Å²) >= 11 is 0. The Labute approximate surface area is 192 Å². The summed E-state index contributed by atoms with van der Waals surface area (Å²) in [4.78, 5) is 36.4. The molecule has 4 aromatic rings. The second-order valence-electron chi connectivity index (χ2n) is 7.31. The highest BCUT2D eigenvalue weighted by Gasteiger charge is 2.21. The third-order valence-corrected chi connectivity index (χ3v) is 5.09. The summed E-state index contributed by atoms with van der Waals surface area (Å²) in [5, 5.41) is 28.1. The molecule has 3 aromatic carbocycles. The fourth-order valence-corrected chi connectivity index (χ4v) is 3.42. The molecule has 0 saturated carbocycles. The molecule has 34 heavy (non-hydrogen) atoms. The van der Waals surface area contributed by atoms with Crippen molar-refractivity contribution in [3.05, 3.63) is 122 Å². The maximum absolute atomic E-state index is 13.4. The van der Waals surface area contributed by atoms with Crippen LogP contribution in [0.4, 0.5) is 5.69 Å². The number of H-pyrrole nitrogens is 1. The molecule has 10 nitrogen and oxygen atoms in total. The van der Waals surface area contributed by atoms with Gasteiger partial charge in [-0.2, -0.15) is 5.10 Å². The van der Waals surface area contributed by atoms with Crippen molar-refractivity contribution in [3.8, 4) is 11.4 Å². The molecule has 0 bridgehead atoms. The van der Waals surface area contributed by atoms with E-state index in [4.69, 9.17) is 0 Å². The predicted octanol–water partition coefficient (Wildman–Crippen LogP) is 3.27. The molecule has 1 heterocycles. The highest BCUT2D eigenvalue weighted by Crippen LogP contribution is 2.18. The molecule has 4 rings (SSSR count). The number of hydrogen-bond donors (Lipinski definition) is 3. The van der Waals surface area contributed by atoms with Gasteiger partial charge in [-0.1, -0.05) is 42.5 Å². The number of benzene rings is 3. The van der Waals surface area contributed by atoms with Crippen molar-refractivity contribution in [1.82, 2.24) is 15.2 Å². The third kappa shape index (κ3) is 4.32. The van der Waals surface area contributed by atoms with E-state index in [0.29, 0.717) is 16.9 Å². The topological polar surface area (TPSA) is 143 Å². The number of amides is 1. The van der Waals surface area contributed by atoms with Crippen LogP contribution in [0.15, 0.2) is 88.8 Å². The number of nitro benzene ring substituents is 1. The van der Waals surface area contributed by atoms with E-state index in [9.17, 15) is 24.8 Å². The zero-order valence-corrected chi connectivity index (χ0v) is 17.9. The summed E-state index contributed by atoms with van der Waals surface area (Å²) in [6, 6.07) is 20.4. The predicted molar refractivity (Wildman–Crippen MR) is 125 cm³/mol. The van der Waals surface area contributed by atoms with Gasteiger partial charge < -0.3 is 5.11 Å². The molecule has 10 heteroatoms. The number of hydrogen-bond acceptors (Lipinski definition) is 6. The summed E-state index contributed by atoms with van der Waals surface area (Å²) in [6.45, 7) is 1.68. The van der Waals surface area contributed by atoms with Crippen LogP contribution in [-0.2, 0) is 0 Å². The molecule has 0 aliphatic carbocycles. The van der Waals surface area contributed by atoms with Crippen LogP contribution in [-0.4, -0.2) is 31.4 Å². The minimum absolute atomic E-state index is 0.0349. The van der Waals surface area contributed by atoms with E-state index in [1.165, 1.54) is 41.1 Å². The number of carbonyl (C=O) groups excluding carboxylic acids is 1. The molecule has 0 aliphatic rings. The number of hydrazone groups is 1. The molecule has 1 aromatic heterocycles. The molecule has 0 fully saturated rings. The molecular weight excluding hydrogens is 438 g/mol. The van der Waals surface area contributed by atoms with Gasteiger partial charge in [0.15, 0.2) is 0 Å². The highest BCUT2D eigenvalue weighted by atomic mass is 16.6. The minimum atomic E-state index is -0.643. The Balaban J connectivity index is 1.78. The van der Waals surface area contributed by atoms with Gasteiger partial charge in [0.1, 0.15) is 11.5 Å². The lowest BCUT2D eigenvalue weighted by Gasteiger charge is -2.07. The smallest absolute Gasteiger partial charge is 0.281 e. The molecule has 0 unspecified atom stereocenters. The standard InChI is InChI=1S/C24H19N5O5/c1-15-21(24(32)28(27-15)17-11-13-18(14-12-17)29(33)34)22(16-7-3-2-4-8-16)25-26-23(31)19-9-5-6-10-20(19)30/h2-14,27,30H,1H3,(H,26,31)/b25-22+. The number of nitrogens with zero attached hydrogens (tertiary/aromatic N) is 3. The average Bonchev–Trinajstić information content (AvgIpc) is 3.14. The van der Waals surface area contributed by atoms with Crippen molar-refractivity contribution in [2.24, 2.45) is 5.10 Å². The Bertz CT molecular complexity index is 1450. The summed E-state index contributed by atoms with van der Waals surface area (Å²) in [5.74, 6) is -0.842. The Kier molecular flexibility index (Phi) is 6.04. The van der Waals surface area contributed by atoms with Gasteiger partial charge in [-0.3, -0.25) is 24.8 Å². The number of phenolic OH excluding ortho intramolecular Hbond substituents is 1. The van der Waals surface area contributed by atoms with E-state index >= 15 is 0 Å². The Morgan fingerprint density at radius 1 is 1.03 bits per heavy atom. The second kappa shape index (κ2) is 9.25. The Hall–Kier alpha value is -4.99. The van der Waals surface area contributed by atoms with Crippen molar-refractivity contribution in [2.75, 3.05) is 0 Å². The van der Waals surface area contributed by atoms with E-state index in [1.54, 1.807) is 49.4 Å². The molecule has 0 aliphatic heterocycles. The first-order chi connectivity index (χ1) is 16.4. The van der Waals surface area contributed by atoms with Crippen molar-refractivity contribution >= 4 is 17.3 Å². The molecule has 0 saturated heterocycles. The largest absolute Gasteiger partial charge is 0.507 e. The van der Waals surface area contributed by atoms with Crippen LogP contribution < -0.4 is 11.0 Å². The maximum Gasteiger partial charge on any atom is 0.281 e. The fourth-order valence-electron chi connectivity index (χ4n) is 3.42. The number of para-hydroxylation sites is 1.